The summed E-state index contributed by atoms with van der Waals surface area (Å²) < 4.78 is 0. The number of unbranched alkanes of at least 4 members (excludes halogenated alkanes) is 4. The lowest BCUT2D eigenvalue weighted by molar-refractivity contribution is 0.389. The van der Waals surface area contributed by atoms with Gasteiger partial charge in [0.1, 0.15) is 0 Å². The number of hydrogen-bond donors (Lipinski definition) is 2. The van der Waals surface area contributed by atoms with Crippen molar-refractivity contribution in [3.8, 4) is 0 Å². The number of nitrogens with one attached hydrogen (secondary N) is 2. The maximum Gasteiger partial charge on any atom is 0.191 e. The van der Waals surface area contributed by atoms with Gasteiger partial charge in [0.05, 0.1) is 0 Å². The molecule has 0 spiro atoms. The van der Waals surface area contributed by atoms with Gasteiger partial charge in [0, 0.05) is 20.1 Å². The molecule has 0 aromatic rings. The molecule has 114 valence electrons. The second-order valence-corrected chi connectivity index (χ2v) is 4.74. The van der Waals surface area contributed by atoms with Crippen molar-refractivity contribution in [3.63, 3.8) is 0 Å². The van der Waals surface area contributed by atoms with Crippen molar-refractivity contribution in [3.05, 3.63) is 12.7 Å². The minimum Gasteiger partial charge on any atom is -0.356 e. The maximum atomic E-state index is 4.13. The monoisotopic (exact) mass is 382 g/mol. The van der Waals surface area contributed by atoms with E-state index in [9.17, 15) is 0 Å². The normalized spacial score (nSPS) is 11.1. The van der Waals surface area contributed by atoms with E-state index >= 15 is 0 Å². The largest absolute Gasteiger partial charge is 0.356 e. The average Bonchev–Trinajstić information content (AvgIpc) is 2.35. The zero-order chi connectivity index (χ0) is 13.6. The predicted molar refractivity (Wildman–Crippen MR) is 96.6 cm³/mol. The van der Waals surface area contributed by atoms with E-state index in [2.05, 4.69) is 41.2 Å². The summed E-state index contributed by atoms with van der Waals surface area (Å²) in [6.45, 7) is 6.62. The molecule has 0 radical (unpaired) electrons. The molecule has 2 N–H and O–H groups in total. The van der Waals surface area contributed by atoms with Crippen LogP contribution in [0.3, 0.4) is 0 Å². The quantitative estimate of drug-likeness (QED) is 0.201. The fraction of sp³-hybridized carbons (Fsp3) is 0.786. The third kappa shape index (κ3) is 15.6. The van der Waals surface area contributed by atoms with Crippen molar-refractivity contribution >= 4 is 29.9 Å². The summed E-state index contributed by atoms with van der Waals surface area (Å²) in [6.07, 6.45) is 8.30. The summed E-state index contributed by atoms with van der Waals surface area (Å²) >= 11 is 0. The van der Waals surface area contributed by atoms with Crippen molar-refractivity contribution in [2.75, 3.05) is 40.8 Å². The molecular formula is C14H31IN4. The molecule has 0 aliphatic heterocycles. The standard InChI is InChI=1S/C14H30N4.HI/c1-5-11-16-14(15-2)17-12-9-7-6-8-10-13-18(3)4;/h5H,1,6-13H2,2-4H3,(H2,15,16,17);1H. The highest BCUT2D eigenvalue weighted by Crippen LogP contribution is 2.02. The second kappa shape index (κ2) is 15.8. The first-order chi connectivity index (χ1) is 8.70. The molecule has 5 heteroatoms. The Labute approximate surface area is 136 Å². The van der Waals surface area contributed by atoms with Crippen molar-refractivity contribution < 1.29 is 0 Å². The number of halogens is 1. The highest BCUT2D eigenvalue weighted by molar-refractivity contribution is 14.0. The van der Waals surface area contributed by atoms with Gasteiger partial charge in [0.25, 0.3) is 0 Å². The Morgan fingerprint density at radius 2 is 1.74 bits per heavy atom. The third-order valence-electron chi connectivity index (χ3n) is 2.71. The van der Waals surface area contributed by atoms with Crippen LogP contribution in [0.2, 0.25) is 0 Å². The smallest absolute Gasteiger partial charge is 0.191 e. The molecule has 4 nitrogen and oxygen atoms in total. The molecule has 0 aliphatic carbocycles. The van der Waals surface area contributed by atoms with E-state index in [-0.39, 0.29) is 24.0 Å². The summed E-state index contributed by atoms with van der Waals surface area (Å²) in [4.78, 5) is 6.38. The fourth-order valence-corrected chi connectivity index (χ4v) is 1.68. The molecule has 0 atom stereocenters. The number of nitrogens with zero attached hydrogens (tertiary/aromatic N) is 2. The molecule has 0 fully saturated rings. The van der Waals surface area contributed by atoms with Crippen LogP contribution in [0, 0.1) is 0 Å². The highest BCUT2D eigenvalue weighted by Gasteiger charge is 1.95. The van der Waals surface area contributed by atoms with Gasteiger partial charge in [0.2, 0.25) is 0 Å². The summed E-state index contributed by atoms with van der Waals surface area (Å²) in [5.74, 6) is 0.863. The van der Waals surface area contributed by atoms with E-state index in [0.717, 1.165) is 19.0 Å². The summed E-state index contributed by atoms with van der Waals surface area (Å²) in [5, 5.41) is 6.45. The molecule has 0 saturated heterocycles. The van der Waals surface area contributed by atoms with Crippen LogP contribution in [0.4, 0.5) is 0 Å². The maximum absolute atomic E-state index is 4.13. The third-order valence-corrected chi connectivity index (χ3v) is 2.71. The molecule has 0 aromatic carbocycles. The molecule has 0 rings (SSSR count). The van der Waals surface area contributed by atoms with Crippen LogP contribution < -0.4 is 10.6 Å². The van der Waals surface area contributed by atoms with Gasteiger partial charge in [-0.1, -0.05) is 25.3 Å². The molecule has 0 heterocycles. The average molecular weight is 382 g/mol. The number of hydrogen-bond acceptors (Lipinski definition) is 2. The van der Waals surface area contributed by atoms with Gasteiger partial charge in [0.15, 0.2) is 5.96 Å². The lowest BCUT2D eigenvalue weighted by Crippen LogP contribution is -2.37. The summed E-state index contributed by atoms with van der Waals surface area (Å²) in [5.41, 5.74) is 0. The Morgan fingerprint density at radius 3 is 2.32 bits per heavy atom. The van der Waals surface area contributed by atoms with E-state index in [1.165, 1.54) is 38.6 Å². The Morgan fingerprint density at radius 1 is 1.11 bits per heavy atom. The van der Waals surface area contributed by atoms with Crippen molar-refractivity contribution in [1.29, 1.82) is 0 Å². The Balaban J connectivity index is 0. The molecule has 0 aromatic heterocycles. The number of guanidine groups is 1. The van der Waals surface area contributed by atoms with Crippen LogP contribution in [0.5, 0.6) is 0 Å². The van der Waals surface area contributed by atoms with Crippen molar-refractivity contribution in [2.45, 2.75) is 32.1 Å². The SMILES string of the molecule is C=CCNC(=NC)NCCCCCCCN(C)C.I. The number of rotatable bonds is 10. The van der Waals surface area contributed by atoms with Gasteiger partial charge in [-0.2, -0.15) is 0 Å². The van der Waals surface area contributed by atoms with Crippen LogP contribution in [0.25, 0.3) is 0 Å². The van der Waals surface area contributed by atoms with Gasteiger partial charge < -0.3 is 15.5 Å². The topological polar surface area (TPSA) is 39.7 Å². The Kier molecular flexibility index (Phi) is 17.4. The van der Waals surface area contributed by atoms with Crippen LogP contribution in [0.15, 0.2) is 17.6 Å². The molecular weight excluding hydrogens is 351 g/mol. The fourth-order valence-electron chi connectivity index (χ4n) is 1.68. The van der Waals surface area contributed by atoms with Crippen molar-refractivity contribution in [2.24, 2.45) is 4.99 Å². The van der Waals surface area contributed by atoms with Crippen LogP contribution in [0.1, 0.15) is 32.1 Å². The van der Waals surface area contributed by atoms with Gasteiger partial charge in [-0.3, -0.25) is 4.99 Å². The number of aliphatic imine (C=N–C) groups is 1. The van der Waals surface area contributed by atoms with Crippen molar-refractivity contribution in [1.82, 2.24) is 15.5 Å². The molecule has 0 amide bonds. The minimum absolute atomic E-state index is 0. The highest BCUT2D eigenvalue weighted by atomic mass is 127. The van der Waals surface area contributed by atoms with E-state index in [4.69, 9.17) is 0 Å². The lowest BCUT2D eigenvalue weighted by Gasteiger charge is -2.10. The Hall–Kier alpha value is -0.300. The van der Waals surface area contributed by atoms with E-state index in [1.54, 1.807) is 7.05 Å². The Bertz CT molecular complexity index is 229. The molecule has 0 aliphatic rings. The summed E-state index contributed by atoms with van der Waals surface area (Å²) in [6, 6.07) is 0. The molecule has 0 unspecified atom stereocenters. The van der Waals surface area contributed by atoms with Gasteiger partial charge in [-0.15, -0.1) is 30.6 Å². The lowest BCUT2D eigenvalue weighted by atomic mass is 10.1. The van der Waals surface area contributed by atoms with E-state index in [1.807, 2.05) is 6.08 Å². The zero-order valence-electron chi connectivity index (χ0n) is 12.7. The first-order valence-electron chi connectivity index (χ1n) is 6.91. The molecule has 0 saturated carbocycles. The van der Waals surface area contributed by atoms with Crippen LogP contribution >= 0.6 is 24.0 Å². The zero-order valence-corrected chi connectivity index (χ0v) is 15.1. The first-order valence-corrected chi connectivity index (χ1v) is 6.91. The molecule has 19 heavy (non-hydrogen) atoms. The van der Waals surface area contributed by atoms with Gasteiger partial charge in [-0.05, 0) is 33.5 Å². The van der Waals surface area contributed by atoms with E-state index < -0.39 is 0 Å². The van der Waals surface area contributed by atoms with Gasteiger partial charge >= 0.3 is 0 Å². The predicted octanol–water partition coefficient (Wildman–Crippen LogP) is 2.47. The first kappa shape index (κ1) is 21.0. The second-order valence-electron chi connectivity index (χ2n) is 4.74. The molecule has 0 bridgehead atoms. The van der Waals surface area contributed by atoms with Crippen LogP contribution in [-0.4, -0.2) is 51.6 Å². The van der Waals surface area contributed by atoms with E-state index in [0.29, 0.717) is 0 Å². The summed E-state index contributed by atoms with van der Waals surface area (Å²) in [7, 11) is 6.05. The van der Waals surface area contributed by atoms with Crippen LogP contribution in [-0.2, 0) is 0 Å². The van der Waals surface area contributed by atoms with Gasteiger partial charge in [-0.25, -0.2) is 0 Å². The minimum atomic E-state index is 0.